The van der Waals surface area contributed by atoms with Crippen molar-refractivity contribution in [1.82, 2.24) is 4.90 Å². The fraction of sp³-hybridized carbons (Fsp3) is 0.538. The molecule has 4 heteroatoms. The lowest BCUT2D eigenvalue weighted by Gasteiger charge is -2.35. The second-order valence-corrected chi connectivity index (χ2v) is 4.98. The molecule has 1 fully saturated rings. The summed E-state index contributed by atoms with van der Waals surface area (Å²) in [5.74, 6) is 0.0643. The van der Waals surface area contributed by atoms with Crippen molar-refractivity contribution in [1.29, 1.82) is 0 Å². The fourth-order valence-electron chi connectivity index (χ4n) is 2.38. The molecule has 1 aromatic carbocycles. The summed E-state index contributed by atoms with van der Waals surface area (Å²) in [6.45, 7) is 4.67. The first-order chi connectivity index (χ1) is 8.04. The third kappa shape index (κ3) is 3.17. The molecule has 0 aliphatic carbocycles. The standard InChI is InChI=1S/C13H19FN2O/c1-9-7-16(3-2-13(9)15)8-10-4-11(14)6-12(17)5-10/h4-6,9,13,17H,2-3,7-8,15H2,1H3. The smallest absolute Gasteiger partial charge is 0.127 e. The van der Waals surface area contributed by atoms with Gasteiger partial charge in [0, 0.05) is 25.2 Å². The maximum atomic E-state index is 13.1. The van der Waals surface area contributed by atoms with Gasteiger partial charge in [0.2, 0.25) is 0 Å². The number of aromatic hydroxyl groups is 1. The second kappa shape index (κ2) is 5.02. The monoisotopic (exact) mass is 238 g/mol. The van der Waals surface area contributed by atoms with Gasteiger partial charge in [-0.2, -0.15) is 0 Å². The summed E-state index contributed by atoms with van der Waals surface area (Å²) >= 11 is 0. The highest BCUT2D eigenvalue weighted by molar-refractivity contribution is 5.28. The fourth-order valence-corrected chi connectivity index (χ4v) is 2.38. The highest BCUT2D eigenvalue weighted by atomic mass is 19.1. The molecule has 94 valence electrons. The summed E-state index contributed by atoms with van der Waals surface area (Å²) in [5, 5.41) is 9.34. The molecule has 0 aromatic heterocycles. The number of piperidine rings is 1. The molecule has 1 aliphatic heterocycles. The summed E-state index contributed by atoms with van der Waals surface area (Å²) in [7, 11) is 0. The first kappa shape index (κ1) is 12.3. The highest BCUT2D eigenvalue weighted by Crippen LogP contribution is 2.20. The van der Waals surface area contributed by atoms with Crippen molar-refractivity contribution >= 4 is 0 Å². The van der Waals surface area contributed by atoms with Crippen LogP contribution in [0.2, 0.25) is 0 Å². The molecule has 3 nitrogen and oxygen atoms in total. The van der Waals surface area contributed by atoms with Crippen molar-refractivity contribution in [2.75, 3.05) is 13.1 Å². The number of likely N-dealkylation sites (tertiary alicyclic amines) is 1. The predicted molar refractivity (Wildman–Crippen MR) is 65.1 cm³/mol. The molecule has 0 radical (unpaired) electrons. The summed E-state index contributed by atoms with van der Waals surface area (Å²) < 4.78 is 13.1. The van der Waals surface area contributed by atoms with E-state index in [0.717, 1.165) is 31.1 Å². The molecule has 1 aromatic rings. The van der Waals surface area contributed by atoms with E-state index in [4.69, 9.17) is 5.73 Å². The molecule has 0 saturated carbocycles. The summed E-state index contributed by atoms with van der Waals surface area (Å²) in [6.07, 6.45) is 0.975. The van der Waals surface area contributed by atoms with Gasteiger partial charge in [-0.3, -0.25) is 4.90 Å². The number of nitrogens with zero attached hydrogens (tertiary/aromatic N) is 1. The third-order valence-corrected chi connectivity index (χ3v) is 3.40. The molecule has 2 unspecified atom stereocenters. The van der Waals surface area contributed by atoms with Gasteiger partial charge in [0.05, 0.1) is 0 Å². The summed E-state index contributed by atoms with van der Waals surface area (Å²) in [6, 6.07) is 4.48. The van der Waals surface area contributed by atoms with Gasteiger partial charge in [-0.05, 0) is 36.6 Å². The molecule has 1 heterocycles. The number of hydrogen-bond donors (Lipinski definition) is 2. The van der Waals surface area contributed by atoms with E-state index in [1.807, 2.05) is 0 Å². The van der Waals surface area contributed by atoms with E-state index in [1.54, 1.807) is 6.07 Å². The van der Waals surface area contributed by atoms with Crippen LogP contribution >= 0.6 is 0 Å². The molecular formula is C13H19FN2O. The van der Waals surface area contributed by atoms with Crippen LogP contribution in [0.25, 0.3) is 0 Å². The Balaban J connectivity index is 2.01. The van der Waals surface area contributed by atoms with Crippen LogP contribution in [0.1, 0.15) is 18.9 Å². The number of hydrogen-bond acceptors (Lipinski definition) is 3. The maximum absolute atomic E-state index is 13.1. The Hall–Kier alpha value is -1.13. The number of rotatable bonds is 2. The molecule has 0 bridgehead atoms. The van der Waals surface area contributed by atoms with Crippen molar-refractivity contribution in [2.45, 2.75) is 25.9 Å². The van der Waals surface area contributed by atoms with Crippen LogP contribution in [0.5, 0.6) is 5.75 Å². The van der Waals surface area contributed by atoms with Crippen LogP contribution in [-0.2, 0) is 6.54 Å². The Labute approximate surface area is 101 Å². The molecule has 2 rings (SSSR count). The minimum Gasteiger partial charge on any atom is -0.508 e. The first-order valence-electron chi connectivity index (χ1n) is 6.01. The van der Waals surface area contributed by atoms with Gasteiger partial charge < -0.3 is 10.8 Å². The summed E-state index contributed by atoms with van der Waals surface area (Å²) in [4.78, 5) is 2.25. The number of phenolic OH excluding ortho intramolecular Hbond substituents is 1. The zero-order chi connectivity index (χ0) is 12.4. The van der Waals surface area contributed by atoms with Crippen LogP contribution < -0.4 is 5.73 Å². The Morgan fingerprint density at radius 2 is 2.24 bits per heavy atom. The van der Waals surface area contributed by atoms with E-state index in [0.29, 0.717) is 12.5 Å². The molecule has 0 spiro atoms. The molecule has 17 heavy (non-hydrogen) atoms. The van der Waals surface area contributed by atoms with Gasteiger partial charge in [-0.1, -0.05) is 6.92 Å². The highest BCUT2D eigenvalue weighted by Gasteiger charge is 2.23. The largest absolute Gasteiger partial charge is 0.508 e. The first-order valence-corrected chi connectivity index (χ1v) is 6.01. The van der Waals surface area contributed by atoms with Gasteiger partial charge >= 0.3 is 0 Å². The van der Waals surface area contributed by atoms with Crippen LogP contribution in [-0.4, -0.2) is 29.1 Å². The Morgan fingerprint density at radius 1 is 1.47 bits per heavy atom. The van der Waals surface area contributed by atoms with E-state index in [2.05, 4.69) is 11.8 Å². The number of phenols is 1. The van der Waals surface area contributed by atoms with Gasteiger partial charge in [-0.15, -0.1) is 0 Å². The van der Waals surface area contributed by atoms with Gasteiger partial charge in [0.1, 0.15) is 11.6 Å². The van der Waals surface area contributed by atoms with Crippen LogP contribution in [0.3, 0.4) is 0 Å². The van der Waals surface area contributed by atoms with Crippen molar-refractivity contribution in [2.24, 2.45) is 11.7 Å². The van der Waals surface area contributed by atoms with E-state index >= 15 is 0 Å². The van der Waals surface area contributed by atoms with Crippen LogP contribution in [0.15, 0.2) is 18.2 Å². The molecular weight excluding hydrogens is 219 g/mol. The normalized spacial score (nSPS) is 26.1. The van der Waals surface area contributed by atoms with Crippen molar-refractivity contribution in [3.63, 3.8) is 0 Å². The van der Waals surface area contributed by atoms with Crippen molar-refractivity contribution in [3.05, 3.63) is 29.6 Å². The minimum atomic E-state index is -0.387. The number of benzene rings is 1. The Morgan fingerprint density at radius 3 is 2.88 bits per heavy atom. The van der Waals surface area contributed by atoms with E-state index in [1.165, 1.54) is 6.07 Å². The molecule has 3 N–H and O–H groups in total. The van der Waals surface area contributed by atoms with E-state index in [9.17, 15) is 9.50 Å². The van der Waals surface area contributed by atoms with Crippen molar-refractivity contribution < 1.29 is 9.50 Å². The van der Waals surface area contributed by atoms with Crippen LogP contribution in [0, 0.1) is 11.7 Å². The Bertz CT molecular complexity index is 377. The molecule has 0 amide bonds. The number of nitrogens with two attached hydrogens (primary N) is 1. The molecule has 1 saturated heterocycles. The average Bonchev–Trinajstić information content (AvgIpc) is 2.22. The van der Waals surface area contributed by atoms with E-state index in [-0.39, 0.29) is 17.6 Å². The third-order valence-electron chi connectivity index (χ3n) is 3.40. The number of halogens is 1. The van der Waals surface area contributed by atoms with Crippen LogP contribution in [0.4, 0.5) is 4.39 Å². The van der Waals surface area contributed by atoms with Gasteiger partial charge in [0.25, 0.3) is 0 Å². The van der Waals surface area contributed by atoms with Gasteiger partial charge in [0.15, 0.2) is 0 Å². The lowest BCUT2D eigenvalue weighted by Crippen LogP contribution is -2.45. The molecule has 1 aliphatic rings. The Kier molecular flexibility index (Phi) is 3.64. The lowest BCUT2D eigenvalue weighted by molar-refractivity contribution is 0.157. The van der Waals surface area contributed by atoms with Gasteiger partial charge in [-0.25, -0.2) is 4.39 Å². The predicted octanol–water partition coefficient (Wildman–Crippen LogP) is 1.70. The minimum absolute atomic E-state index is 0.0123. The quantitative estimate of drug-likeness (QED) is 0.824. The SMILES string of the molecule is CC1CN(Cc2cc(O)cc(F)c2)CCC1N. The zero-order valence-electron chi connectivity index (χ0n) is 10.1. The molecule has 2 atom stereocenters. The zero-order valence-corrected chi connectivity index (χ0v) is 10.1. The topological polar surface area (TPSA) is 49.5 Å². The lowest BCUT2D eigenvalue weighted by atomic mass is 9.94. The maximum Gasteiger partial charge on any atom is 0.127 e. The second-order valence-electron chi connectivity index (χ2n) is 4.98. The van der Waals surface area contributed by atoms with Crippen molar-refractivity contribution in [3.8, 4) is 5.75 Å². The van der Waals surface area contributed by atoms with E-state index < -0.39 is 0 Å². The average molecular weight is 238 g/mol. The summed E-state index contributed by atoms with van der Waals surface area (Å²) in [5.41, 5.74) is 6.77.